The molecular weight excluding hydrogens is 369 g/mol. The topological polar surface area (TPSA) is 54.0 Å². The van der Waals surface area contributed by atoms with Gasteiger partial charge in [0.05, 0.1) is 10.6 Å². The van der Waals surface area contributed by atoms with Crippen LogP contribution in [-0.2, 0) is 0 Å². The van der Waals surface area contributed by atoms with E-state index in [1.807, 2.05) is 60.7 Å². The molecule has 0 unspecified atom stereocenters. The van der Waals surface area contributed by atoms with Crippen LogP contribution in [0.15, 0.2) is 84.8 Å². The maximum Gasteiger partial charge on any atom is 0.192 e. The Labute approximate surface area is 161 Å². The highest BCUT2D eigenvalue weighted by Crippen LogP contribution is 2.20. The minimum Gasteiger partial charge on any atom is -0.342 e. The molecule has 0 aliphatic carbocycles. The Kier molecular flexibility index (Phi) is 5.89. The molecular formula is C20H15Cl2N3O. The summed E-state index contributed by atoms with van der Waals surface area (Å²) >= 11 is 11.9. The number of nitrogens with one attached hydrogen (secondary N) is 2. The first-order chi connectivity index (χ1) is 12.6. The van der Waals surface area contributed by atoms with Gasteiger partial charge in [-0.1, -0.05) is 59.6 Å². The van der Waals surface area contributed by atoms with Gasteiger partial charge in [0.25, 0.3) is 0 Å². The number of aromatic nitrogens is 1. The van der Waals surface area contributed by atoms with Crippen LogP contribution >= 0.6 is 23.2 Å². The molecule has 3 rings (SSSR count). The highest BCUT2D eigenvalue weighted by molar-refractivity contribution is 6.36. The number of para-hydroxylation sites is 2. The highest BCUT2D eigenvalue weighted by Gasteiger charge is 2.11. The lowest BCUT2D eigenvalue weighted by molar-refractivity contribution is 0.104. The fourth-order valence-electron chi connectivity index (χ4n) is 2.26. The fourth-order valence-corrected chi connectivity index (χ4v) is 2.71. The van der Waals surface area contributed by atoms with Gasteiger partial charge in [0.2, 0.25) is 0 Å². The number of hydrogen-bond donors (Lipinski definition) is 2. The van der Waals surface area contributed by atoms with E-state index in [0.29, 0.717) is 5.82 Å². The van der Waals surface area contributed by atoms with Gasteiger partial charge in [-0.25, -0.2) is 4.98 Å². The van der Waals surface area contributed by atoms with Crippen LogP contribution in [0.2, 0.25) is 10.2 Å². The van der Waals surface area contributed by atoms with E-state index in [4.69, 9.17) is 23.2 Å². The summed E-state index contributed by atoms with van der Waals surface area (Å²) in [6, 6.07) is 20.5. The maximum absolute atomic E-state index is 12.6. The summed E-state index contributed by atoms with van der Waals surface area (Å²) in [5, 5.41) is 6.89. The summed E-state index contributed by atoms with van der Waals surface area (Å²) in [6.07, 6.45) is 2.81. The van der Waals surface area contributed by atoms with Crippen molar-refractivity contribution in [3.05, 3.63) is 101 Å². The van der Waals surface area contributed by atoms with Crippen LogP contribution in [0.4, 0.5) is 11.4 Å². The van der Waals surface area contributed by atoms with Gasteiger partial charge in [-0.05, 0) is 30.3 Å². The van der Waals surface area contributed by atoms with Crippen molar-refractivity contribution in [2.45, 2.75) is 0 Å². The predicted octanol–water partition coefficient (Wildman–Crippen LogP) is 5.64. The minimum atomic E-state index is -0.291. The van der Waals surface area contributed by atoms with Crippen molar-refractivity contribution >= 4 is 40.4 Å². The van der Waals surface area contributed by atoms with E-state index < -0.39 is 0 Å². The molecule has 130 valence electrons. The number of hydrogen-bond acceptors (Lipinski definition) is 4. The zero-order chi connectivity index (χ0) is 18.4. The van der Waals surface area contributed by atoms with Crippen molar-refractivity contribution in [1.82, 2.24) is 4.98 Å². The minimum absolute atomic E-state index is 0.237. The van der Waals surface area contributed by atoms with Gasteiger partial charge in [0.15, 0.2) is 5.78 Å². The number of halogens is 2. The summed E-state index contributed by atoms with van der Waals surface area (Å²) in [5.74, 6) is 0.222. The number of pyridine rings is 1. The molecule has 0 amide bonds. The molecule has 0 saturated carbocycles. The first-order valence-electron chi connectivity index (χ1n) is 7.83. The Morgan fingerprint density at radius 2 is 1.42 bits per heavy atom. The molecule has 1 heterocycles. The lowest BCUT2D eigenvalue weighted by Crippen LogP contribution is -2.12. The van der Waals surface area contributed by atoms with E-state index in [9.17, 15) is 4.79 Å². The fraction of sp³-hybridized carbons (Fsp3) is 0. The van der Waals surface area contributed by atoms with Crippen LogP contribution in [0.25, 0.3) is 0 Å². The molecule has 0 aliphatic rings. The molecule has 0 aliphatic heterocycles. The maximum atomic E-state index is 12.6. The van der Waals surface area contributed by atoms with Gasteiger partial charge in [0.1, 0.15) is 11.0 Å². The van der Waals surface area contributed by atoms with Gasteiger partial charge < -0.3 is 10.6 Å². The number of allylic oxidation sites excluding steroid dienone is 1. The number of anilines is 2. The molecule has 26 heavy (non-hydrogen) atoms. The van der Waals surface area contributed by atoms with Crippen LogP contribution in [0.5, 0.6) is 0 Å². The summed E-state index contributed by atoms with van der Waals surface area (Å²) in [6.45, 7) is 0. The van der Waals surface area contributed by atoms with E-state index in [2.05, 4.69) is 15.6 Å². The lowest BCUT2D eigenvalue weighted by Gasteiger charge is -2.14. The highest BCUT2D eigenvalue weighted by atomic mass is 35.5. The van der Waals surface area contributed by atoms with Crippen LogP contribution < -0.4 is 10.6 Å². The van der Waals surface area contributed by atoms with E-state index in [1.165, 1.54) is 18.3 Å². The molecule has 1 aromatic heterocycles. The molecule has 0 saturated heterocycles. The average Bonchev–Trinajstić information content (AvgIpc) is 2.63. The van der Waals surface area contributed by atoms with Crippen molar-refractivity contribution in [2.75, 3.05) is 10.6 Å². The molecule has 0 atom stereocenters. The van der Waals surface area contributed by atoms with Gasteiger partial charge in [-0.2, -0.15) is 0 Å². The van der Waals surface area contributed by atoms with Crippen molar-refractivity contribution in [3.63, 3.8) is 0 Å². The molecule has 2 N–H and O–H groups in total. The smallest absolute Gasteiger partial charge is 0.192 e. The SMILES string of the molecule is O=C(C=C(Nc1ccccc1)Nc1ccccc1)c1cnc(Cl)cc1Cl. The first-order valence-corrected chi connectivity index (χ1v) is 8.58. The Balaban J connectivity index is 1.90. The quantitative estimate of drug-likeness (QED) is 0.328. The van der Waals surface area contributed by atoms with Gasteiger partial charge >= 0.3 is 0 Å². The Bertz CT molecular complexity index is 885. The molecule has 2 aromatic carbocycles. The van der Waals surface area contributed by atoms with Gasteiger partial charge in [-0.15, -0.1) is 0 Å². The number of carbonyl (C=O) groups is 1. The van der Waals surface area contributed by atoms with Crippen LogP contribution in [0.1, 0.15) is 10.4 Å². The standard InChI is InChI=1S/C20H15Cl2N3O/c21-17-11-19(22)23-13-16(17)18(26)12-20(24-14-7-3-1-4-8-14)25-15-9-5-2-6-10-15/h1-13,24-25H. The Morgan fingerprint density at radius 1 is 0.885 bits per heavy atom. The number of nitrogens with zero attached hydrogens (tertiary/aromatic N) is 1. The van der Waals surface area contributed by atoms with E-state index in [1.54, 1.807) is 0 Å². The second-order valence-corrected chi connectivity index (χ2v) is 6.19. The number of benzene rings is 2. The normalized spacial score (nSPS) is 10.1. The van der Waals surface area contributed by atoms with Crippen molar-refractivity contribution in [3.8, 4) is 0 Å². The number of ketones is 1. The monoisotopic (exact) mass is 383 g/mol. The van der Waals surface area contributed by atoms with Crippen molar-refractivity contribution in [2.24, 2.45) is 0 Å². The van der Waals surface area contributed by atoms with Crippen LogP contribution in [0, 0.1) is 0 Å². The van der Waals surface area contributed by atoms with E-state index >= 15 is 0 Å². The summed E-state index contributed by atoms with van der Waals surface area (Å²) in [7, 11) is 0. The number of carbonyl (C=O) groups excluding carboxylic acids is 1. The van der Waals surface area contributed by atoms with Crippen molar-refractivity contribution in [1.29, 1.82) is 0 Å². The zero-order valence-electron chi connectivity index (χ0n) is 13.6. The Hall–Kier alpha value is -2.82. The third-order valence-electron chi connectivity index (χ3n) is 3.47. The second-order valence-electron chi connectivity index (χ2n) is 5.39. The largest absolute Gasteiger partial charge is 0.342 e. The molecule has 3 aromatic rings. The summed E-state index contributed by atoms with van der Waals surface area (Å²) in [4.78, 5) is 16.6. The summed E-state index contributed by atoms with van der Waals surface area (Å²) < 4.78 is 0. The average molecular weight is 384 g/mol. The van der Waals surface area contributed by atoms with Crippen LogP contribution in [-0.4, -0.2) is 10.8 Å². The predicted molar refractivity (Wildman–Crippen MR) is 107 cm³/mol. The third-order valence-corrected chi connectivity index (χ3v) is 3.99. The lowest BCUT2D eigenvalue weighted by atomic mass is 10.2. The second kappa shape index (κ2) is 8.52. The van der Waals surface area contributed by atoms with Gasteiger partial charge in [-0.3, -0.25) is 4.79 Å². The zero-order valence-corrected chi connectivity index (χ0v) is 15.1. The van der Waals surface area contributed by atoms with Gasteiger partial charge in [0, 0.05) is 23.6 Å². The first kappa shape index (κ1) is 18.0. The molecule has 0 bridgehead atoms. The molecule has 6 heteroatoms. The van der Waals surface area contributed by atoms with Crippen LogP contribution in [0.3, 0.4) is 0 Å². The van der Waals surface area contributed by atoms with Crippen molar-refractivity contribution < 1.29 is 4.79 Å². The summed E-state index contributed by atoms with van der Waals surface area (Å²) in [5.41, 5.74) is 1.96. The molecule has 4 nitrogen and oxygen atoms in total. The number of rotatable bonds is 6. The molecule has 0 fully saturated rings. The Morgan fingerprint density at radius 3 is 1.92 bits per heavy atom. The molecule has 0 radical (unpaired) electrons. The third kappa shape index (κ3) is 4.85. The van der Waals surface area contributed by atoms with E-state index in [-0.39, 0.29) is 21.5 Å². The van der Waals surface area contributed by atoms with E-state index in [0.717, 1.165) is 11.4 Å². The molecule has 0 spiro atoms.